The standard InChI is InChI=1S/C7H9NO/c1-5-2-3-6-7(5)8-4-9-6/h4-5H,2-3H2,1H3/t5-/m0/s1. The number of aryl methyl sites for hydroxylation is 1. The van der Waals surface area contributed by atoms with Crippen LogP contribution in [0.4, 0.5) is 0 Å². The van der Waals surface area contributed by atoms with E-state index in [9.17, 15) is 0 Å². The molecule has 0 radical (unpaired) electrons. The predicted molar refractivity (Wildman–Crippen MR) is 33.2 cm³/mol. The first-order chi connectivity index (χ1) is 4.38. The van der Waals surface area contributed by atoms with E-state index in [1.54, 1.807) is 6.39 Å². The molecule has 0 fully saturated rings. The van der Waals surface area contributed by atoms with Crippen LogP contribution in [-0.4, -0.2) is 4.98 Å². The Morgan fingerprint density at radius 1 is 1.78 bits per heavy atom. The Labute approximate surface area is 53.9 Å². The smallest absolute Gasteiger partial charge is 0.181 e. The topological polar surface area (TPSA) is 26.0 Å². The van der Waals surface area contributed by atoms with Crippen molar-refractivity contribution in [2.45, 2.75) is 25.7 Å². The minimum Gasteiger partial charge on any atom is -0.448 e. The second kappa shape index (κ2) is 1.59. The van der Waals surface area contributed by atoms with E-state index >= 15 is 0 Å². The van der Waals surface area contributed by atoms with Crippen LogP contribution in [0.1, 0.15) is 30.7 Å². The van der Waals surface area contributed by atoms with Crippen LogP contribution >= 0.6 is 0 Å². The zero-order valence-corrected chi connectivity index (χ0v) is 5.42. The Balaban J connectivity index is 2.49. The quantitative estimate of drug-likeness (QED) is 0.525. The molecule has 0 unspecified atom stereocenters. The fraction of sp³-hybridized carbons (Fsp3) is 0.571. The molecule has 1 atom stereocenters. The van der Waals surface area contributed by atoms with Gasteiger partial charge in [0.2, 0.25) is 0 Å². The van der Waals surface area contributed by atoms with E-state index < -0.39 is 0 Å². The Morgan fingerprint density at radius 2 is 2.67 bits per heavy atom. The van der Waals surface area contributed by atoms with Crippen molar-refractivity contribution < 1.29 is 4.42 Å². The molecule has 0 aromatic carbocycles. The predicted octanol–water partition coefficient (Wildman–Crippen LogP) is 1.72. The fourth-order valence-electron chi connectivity index (χ4n) is 1.35. The molecular weight excluding hydrogens is 114 g/mol. The van der Waals surface area contributed by atoms with E-state index in [-0.39, 0.29) is 0 Å². The first-order valence-electron chi connectivity index (χ1n) is 3.30. The molecule has 2 rings (SSSR count). The number of aromatic nitrogens is 1. The molecule has 0 spiro atoms. The highest BCUT2D eigenvalue weighted by molar-refractivity contribution is 5.18. The molecule has 48 valence electrons. The van der Waals surface area contributed by atoms with Crippen molar-refractivity contribution in [2.75, 3.05) is 0 Å². The maximum Gasteiger partial charge on any atom is 0.181 e. The summed E-state index contributed by atoms with van der Waals surface area (Å²) in [7, 11) is 0. The molecule has 0 N–H and O–H groups in total. The van der Waals surface area contributed by atoms with E-state index in [1.165, 1.54) is 12.1 Å². The van der Waals surface area contributed by atoms with Gasteiger partial charge in [-0.25, -0.2) is 4.98 Å². The highest BCUT2D eigenvalue weighted by atomic mass is 16.3. The van der Waals surface area contributed by atoms with Gasteiger partial charge in [-0.2, -0.15) is 0 Å². The average Bonchev–Trinajstić information content (AvgIpc) is 2.35. The van der Waals surface area contributed by atoms with Gasteiger partial charge in [0.25, 0.3) is 0 Å². The maximum atomic E-state index is 5.14. The zero-order chi connectivity index (χ0) is 6.27. The molecule has 1 aromatic rings. The third kappa shape index (κ3) is 0.590. The van der Waals surface area contributed by atoms with Gasteiger partial charge in [0, 0.05) is 12.3 Å². The van der Waals surface area contributed by atoms with Crippen molar-refractivity contribution in [1.82, 2.24) is 4.98 Å². The summed E-state index contributed by atoms with van der Waals surface area (Å²) in [6.45, 7) is 2.19. The highest BCUT2D eigenvalue weighted by Gasteiger charge is 2.22. The van der Waals surface area contributed by atoms with Gasteiger partial charge in [-0.15, -0.1) is 0 Å². The van der Waals surface area contributed by atoms with Crippen LogP contribution < -0.4 is 0 Å². The minimum absolute atomic E-state index is 0.624. The lowest BCUT2D eigenvalue weighted by molar-refractivity contribution is 0.505. The third-order valence-corrected chi connectivity index (χ3v) is 1.94. The minimum atomic E-state index is 0.624. The van der Waals surface area contributed by atoms with Gasteiger partial charge in [-0.1, -0.05) is 6.92 Å². The van der Waals surface area contributed by atoms with E-state index in [4.69, 9.17) is 4.42 Å². The molecule has 0 saturated carbocycles. The molecule has 0 amide bonds. The molecule has 2 nitrogen and oxygen atoms in total. The van der Waals surface area contributed by atoms with E-state index in [0.717, 1.165) is 12.2 Å². The Bertz CT molecular complexity index is 216. The van der Waals surface area contributed by atoms with Gasteiger partial charge in [-0.05, 0) is 6.42 Å². The summed E-state index contributed by atoms with van der Waals surface area (Å²) in [6, 6.07) is 0. The average molecular weight is 123 g/mol. The largest absolute Gasteiger partial charge is 0.448 e. The van der Waals surface area contributed by atoms with Crippen molar-refractivity contribution in [1.29, 1.82) is 0 Å². The molecule has 0 saturated heterocycles. The van der Waals surface area contributed by atoms with Crippen LogP contribution in [0.5, 0.6) is 0 Å². The van der Waals surface area contributed by atoms with Gasteiger partial charge in [0.15, 0.2) is 6.39 Å². The number of oxazole rings is 1. The second-order valence-corrected chi connectivity index (χ2v) is 2.60. The van der Waals surface area contributed by atoms with Gasteiger partial charge < -0.3 is 4.42 Å². The summed E-state index contributed by atoms with van der Waals surface area (Å²) >= 11 is 0. The van der Waals surface area contributed by atoms with Crippen molar-refractivity contribution in [3.63, 3.8) is 0 Å². The molecule has 1 heterocycles. The molecule has 1 aliphatic carbocycles. The van der Waals surface area contributed by atoms with E-state index in [0.29, 0.717) is 5.92 Å². The zero-order valence-electron chi connectivity index (χ0n) is 5.42. The number of rotatable bonds is 0. The molecular formula is C7H9NO. The van der Waals surface area contributed by atoms with Crippen LogP contribution in [0.25, 0.3) is 0 Å². The van der Waals surface area contributed by atoms with Crippen molar-refractivity contribution in [2.24, 2.45) is 0 Å². The molecule has 1 aliphatic rings. The second-order valence-electron chi connectivity index (χ2n) is 2.60. The summed E-state index contributed by atoms with van der Waals surface area (Å²) in [4.78, 5) is 4.11. The van der Waals surface area contributed by atoms with Gasteiger partial charge >= 0.3 is 0 Å². The maximum absolute atomic E-state index is 5.14. The Hall–Kier alpha value is -0.790. The summed E-state index contributed by atoms with van der Waals surface area (Å²) in [5, 5.41) is 0. The van der Waals surface area contributed by atoms with Gasteiger partial charge in [0.05, 0.1) is 5.69 Å². The SMILES string of the molecule is C[C@H]1CCc2ocnc21. The lowest BCUT2D eigenvalue weighted by Crippen LogP contribution is -1.84. The first-order valence-corrected chi connectivity index (χ1v) is 3.30. The van der Waals surface area contributed by atoms with Crippen LogP contribution in [0.3, 0.4) is 0 Å². The molecule has 1 aromatic heterocycles. The van der Waals surface area contributed by atoms with Crippen molar-refractivity contribution >= 4 is 0 Å². The Morgan fingerprint density at radius 3 is 3.44 bits per heavy atom. The number of nitrogens with zero attached hydrogens (tertiary/aromatic N) is 1. The molecule has 0 bridgehead atoms. The lowest BCUT2D eigenvalue weighted by Gasteiger charge is -1.93. The van der Waals surface area contributed by atoms with E-state index in [1.807, 2.05) is 0 Å². The molecule has 0 aliphatic heterocycles. The number of hydrogen-bond acceptors (Lipinski definition) is 2. The Kier molecular flexibility index (Phi) is 0.891. The highest BCUT2D eigenvalue weighted by Crippen LogP contribution is 2.30. The lowest BCUT2D eigenvalue weighted by atomic mass is 10.1. The van der Waals surface area contributed by atoms with E-state index in [2.05, 4.69) is 11.9 Å². The number of fused-ring (bicyclic) bond motifs is 1. The normalized spacial score (nSPS) is 24.3. The van der Waals surface area contributed by atoms with Gasteiger partial charge in [0.1, 0.15) is 5.76 Å². The summed E-state index contributed by atoms with van der Waals surface area (Å²) in [5.74, 6) is 1.72. The van der Waals surface area contributed by atoms with Crippen molar-refractivity contribution in [3.05, 3.63) is 17.8 Å². The fourth-order valence-corrected chi connectivity index (χ4v) is 1.35. The summed E-state index contributed by atoms with van der Waals surface area (Å²) in [5.41, 5.74) is 1.18. The van der Waals surface area contributed by atoms with Crippen LogP contribution in [0.2, 0.25) is 0 Å². The van der Waals surface area contributed by atoms with Crippen LogP contribution in [0.15, 0.2) is 10.8 Å². The van der Waals surface area contributed by atoms with Crippen LogP contribution in [-0.2, 0) is 6.42 Å². The summed E-state index contributed by atoms with van der Waals surface area (Å²) < 4.78 is 5.14. The third-order valence-electron chi connectivity index (χ3n) is 1.94. The molecule has 2 heteroatoms. The molecule has 9 heavy (non-hydrogen) atoms. The summed E-state index contributed by atoms with van der Waals surface area (Å²) in [6.07, 6.45) is 3.83. The van der Waals surface area contributed by atoms with Crippen molar-refractivity contribution in [3.8, 4) is 0 Å². The van der Waals surface area contributed by atoms with Gasteiger partial charge in [-0.3, -0.25) is 0 Å². The monoisotopic (exact) mass is 123 g/mol. The number of hydrogen-bond donors (Lipinski definition) is 0. The first kappa shape index (κ1) is 5.03. The van der Waals surface area contributed by atoms with Crippen LogP contribution in [0, 0.1) is 0 Å².